The van der Waals surface area contributed by atoms with E-state index in [1.54, 1.807) is 0 Å². The Labute approximate surface area is 403 Å². The van der Waals surface area contributed by atoms with Crippen molar-refractivity contribution in [3.8, 4) is 11.5 Å². The highest BCUT2D eigenvalue weighted by Gasteiger charge is 2.21. The number of rotatable bonds is 10. The number of hydrogen-bond acceptors (Lipinski definition) is 6. The van der Waals surface area contributed by atoms with E-state index in [4.69, 9.17) is 9.40 Å². The molecule has 0 saturated carbocycles. The molecule has 13 rings (SSSR count). The first-order valence-corrected chi connectivity index (χ1v) is 24.0. The van der Waals surface area contributed by atoms with E-state index < -0.39 is 0 Å². The quantitative estimate of drug-likeness (QED) is 0.128. The van der Waals surface area contributed by atoms with Crippen LogP contribution in [0.15, 0.2) is 259 Å². The first-order chi connectivity index (χ1) is 34.2. The second-order valence-electron chi connectivity index (χ2n) is 17.2. The Morgan fingerprint density at radius 3 is 1.38 bits per heavy atom. The molecule has 0 fully saturated rings. The summed E-state index contributed by atoms with van der Waals surface area (Å²) < 4.78 is 9.16. The minimum atomic E-state index is 0.613. The molecule has 0 amide bonds. The first-order valence-electron chi connectivity index (χ1n) is 23.2. The van der Waals surface area contributed by atoms with Crippen molar-refractivity contribution in [2.24, 2.45) is 0 Å². The second-order valence-corrected chi connectivity index (χ2v) is 18.3. The topological polar surface area (TPSA) is 35.8 Å². The number of thiophene rings is 1. The van der Waals surface area contributed by atoms with Crippen molar-refractivity contribution < 1.29 is 4.42 Å². The number of nitrogens with zero attached hydrogens (tertiary/aromatic N) is 4. The molecule has 2 aromatic heterocycles. The Morgan fingerprint density at radius 1 is 0.319 bits per heavy atom. The molecule has 0 N–H and O–H groups in total. The molecule has 0 aliphatic rings. The zero-order valence-electron chi connectivity index (χ0n) is 37.4. The van der Waals surface area contributed by atoms with Crippen LogP contribution in [0.25, 0.3) is 64.3 Å². The number of oxazole rings is 1. The van der Waals surface area contributed by atoms with Crippen LogP contribution in [0, 0.1) is 0 Å². The van der Waals surface area contributed by atoms with Crippen LogP contribution in [0.1, 0.15) is 0 Å². The Morgan fingerprint density at radius 2 is 0.768 bits per heavy atom. The maximum Gasteiger partial charge on any atom is 0.227 e. The number of hydrogen-bond donors (Lipinski definition) is 0. The zero-order chi connectivity index (χ0) is 45.7. The summed E-state index contributed by atoms with van der Waals surface area (Å²) >= 11 is 1.83. The van der Waals surface area contributed by atoms with Crippen LogP contribution in [-0.4, -0.2) is 4.98 Å². The number of para-hydroxylation sites is 4. The highest BCUT2D eigenvalue weighted by atomic mass is 32.1. The summed E-state index contributed by atoms with van der Waals surface area (Å²) in [5, 5.41) is 6.80. The van der Waals surface area contributed by atoms with Crippen molar-refractivity contribution in [2.45, 2.75) is 0 Å². The minimum Gasteiger partial charge on any atom is -0.435 e. The molecule has 0 aliphatic carbocycles. The normalized spacial score (nSPS) is 11.5. The highest BCUT2D eigenvalue weighted by Crippen LogP contribution is 2.46. The molecule has 69 heavy (non-hydrogen) atoms. The van der Waals surface area contributed by atoms with Crippen LogP contribution in [-0.2, 0) is 0 Å². The van der Waals surface area contributed by atoms with E-state index in [2.05, 4.69) is 239 Å². The average Bonchev–Trinajstić information content (AvgIpc) is 4.02. The van der Waals surface area contributed by atoms with Gasteiger partial charge < -0.3 is 19.1 Å². The van der Waals surface area contributed by atoms with Crippen molar-refractivity contribution >= 4 is 115 Å². The molecule has 13 aromatic rings. The Bertz CT molecular complexity index is 3890. The van der Waals surface area contributed by atoms with Gasteiger partial charge in [0.15, 0.2) is 5.58 Å². The van der Waals surface area contributed by atoms with Crippen LogP contribution in [0.2, 0.25) is 0 Å². The van der Waals surface area contributed by atoms with E-state index in [1.807, 2.05) is 41.7 Å². The molecular formula is C63H42N4OS. The second kappa shape index (κ2) is 17.0. The molecule has 2 heterocycles. The number of fused-ring (bicyclic) bond motifs is 8. The van der Waals surface area contributed by atoms with Gasteiger partial charge in [0.05, 0.1) is 0 Å². The minimum absolute atomic E-state index is 0.613. The van der Waals surface area contributed by atoms with Gasteiger partial charge in [-0.3, -0.25) is 0 Å². The van der Waals surface area contributed by atoms with Crippen LogP contribution in [0.5, 0.6) is 0 Å². The Kier molecular flexibility index (Phi) is 9.95. The summed E-state index contributed by atoms with van der Waals surface area (Å²) in [5.74, 6) is 0.613. The van der Waals surface area contributed by atoms with Crippen LogP contribution in [0.4, 0.5) is 51.2 Å². The van der Waals surface area contributed by atoms with Crippen molar-refractivity contribution in [3.05, 3.63) is 255 Å². The Hall–Kier alpha value is -8.97. The number of benzene rings is 11. The molecule has 0 atom stereocenters. The average molecular weight is 903 g/mol. The van der Waals surface area contributed by atoms with Gasteiger partial charge in [-0.25, -0.2) is 4.98 Å². The van der Waals surface area contributed by atoms with Gasteiger partial charge in [0, 0.05) is 82.3 Å². The Balaban J connectivity index is 1.00. The number of anilines is 9. The predicted octanol–water partition coefficient (Wildman–Crippen LogP) is 18.6. The van der Waals surface area contributed by atoms with E-state index in [0.717, 1.165) is 89.4 Å². The van der Waals surface area contributed by atoms with E-state index in [1.165, 1.54) is 20.2 Å². The number of aromatic nitrogens is 1. The van der Waals surface area contributed by atoms with Crippen molar-refractivity contribution in [1.82, 2.24) is 4.98 Å². The lowest BCUT2D eigenvalue weighted by Crippen LogP contribution is -2.13. The molecule has 0 saturated heterocycles. The van der Waals surface area contributed by atoms with Crippen molar-refractivity contribution in [3.63, 3.8) is 0 Å². The highest BCUT2D eigenvalue weighted by molar-refractivity contribution is 7.25. The summed E-state index contributed by atoms with van der Waals surface area (Å²) in [6.45, 7) is 0. The smallest absolute Gasteiger partial charge is 0.227 e. The molecule has 326 valence electrons. The third-order valence-electron chi connectivity index (χ3n) is 13.0. The predicted molar refractivity (Wildman–Crippen MR) is 291 cm³/mol. The molecular weight excluding hydrogens is 861 g/mol. The fourth-order valence-electron chi connectivity index (χ4n) is 9.81. The maximum atomic E-state index is 6.69. The monoisotopic (exact) mass is 902 g/mol. The van der Waals surface area contributed by atoms with Gasteiger partial charge in [-0.2, -0.15) is 0 Å². The first kappa shape index (κ1) is 40.3. The van der Waals surface area contributed by atoms with Gasteiger partial charge in [0.1, 0.15) is 5.52 Å². The molecule has 0 bridgehead atoms. The van der Waals surface area contributed by atoms with Crippen LogP contribution >= 0.6 is 11.3 Å². The summed E-state index contributed by atoms with van der Waals surface area (Å²) in [4.78, 5) is 12.0. The van der Waals surface area contributed by atoms with E-state index in [-0.39, 0.29) is 0 Å². The van der Waals surface area contributed by atoms with Crippen molar-refractivity contribution in [1.29, 1.82) is 0 Å². The standard InChI is InChI=1S/C63H42N4OS/c1-6-17-45(18-7-1)63-64-58-37-32-44-30-29-43-31-33-52(40-56(43)61(44)62(58)68-63)67(51-28-16-27-50(39-51)65(46-19-8-2-9-20-46)47-21-10-3-11-22-47)53-35-38-59-57(41-53)55-36-34-54(42-60(55)69-59)66(48-23-12-4-13-24-48)49-25-14-5-15-26-49/h1-42H. The lowest BCUT2D eigenvalue weighted by atomic mass is 10.00. The van der Waals surface area contributed by atoms with Gasteiger partial charge in [-0.05, 0) is 144 Å². The fourth-order valence-corrected chi connectivity index (χ4v) is 10.9. The van der Waals surface area contributed by atoms with Gasteiger partial charge in [0.2, 0.25) is 5.89 Å². The van der Waals surface area contributed by atoms with Gasteiger partial charge in [-0.15, -0.1) is 11.3 Å². The summed E-state index contributed by atoms with van der Waals surface area (Å²) in [6, 6.07) is 90.7. The molecule has 5 nitrogen and oxygen atoms in total. The zero-order valence-corrected chi connectivity index (χ0v) is 38.2. The molecule has 6 heteroatoms. The lowest BCUT2D eigenvalue weighted by Gasteiger charge is -2.29. The van der Waals surface area contributed by atoms with Crippen LogP contribution in [0.3, 0.4) is 0 Å². The summed E-state index contributed by atoms with van der Waals surface area (Å²) in [5.41, 5.74) is 12.2. The molecule has 0 unspecified atom stereocenters. The molecule has 0 spiro atoms. The lowest BCUT2D eigenvalue weighted by molar-refractivity contribution is 0.623. The summed E-state index contributed by atoms with van der Waals surface area (Å²) in [7, 11) is 0. The summed E-state index contributed by atoms with van der Waals surface area (Å²) in [6.07, 6.45) is 0. The third kappa shape index (κ3) is 7.31. The molecule has 11 aromatic carbocycles. The fraction of sp³-hybridized carbons (Fsp3) is 0. The largest absolute Gasteiger partial charge is 0.435 e. The van der Waals surface area contributed by atoms with Crippen molar-refractivity contribution in [2.75, 3.05) is 14.7 Å². The van der Waals surface area contributed by atoms with E-state index in [9.17, 15) is 0 Å². The molecule has 0 aliphatic heterocycles. The van der Waals surface area contributed by atoms with Gasteiger partial charge >= 0.3 is 0 Å². The third-order valence-corrected chi connectivity index (χ3v) is 14.1. The van der Waals surface area contributed by atoms with Crippen LogP contribution < -0.4 is 14.7 Å². The van der Waals surface area contributed by atoms with Gasteiger partial charge in [-0.1, -0.05) is 127 Å². The van der Waals surface area contributed by atoms with E-state index in [0.29, 0.717) is 5.89 Å². The van der Waals surface area contributed by atoms with E-state index >= 15 is 0 Å². The van der Waals surface area contributed by atoms with Gasteiger partial charge in [0.25, 0.3) is 0 Å². The molecule has 0 radical (unpaired) electrons. The maximum absolute atomic E-state index is 6.69. The SMILES string of the molecule is c1ccc(-c2nc3ccc4ccc5ccc(N(c6cccc(N(c7ccccc7)c7ccccc7)c6)c6ccc7sc8cc(N(c9ccccc9)c9ccccc9)ccc8c7c6)cc5c4c3o2)cc1.